The van der Waals surface area contributed by atoms with E-state index in [-0.39, 0.29) is 45.6 Å². The number of nitriles is 1. The second-order valence-electron chi connectivity index (χ2n) is 7.19. The summed E-state index contributed by atoms with van der Waals surface area (Å²) in [6.45, 7) is 1.58. The second kappa shape index (κ2) is 8.78. The Morgan fingerprint density at radius 2 is 1.71 bits per heavy atom. The van der Waals surface area contributed by atoms with Crippen molar-refractivity contribution in [3.05, 3.63) is 73.1 Å². The highest BCUT2D eigenvalue weighted by Gasteiger charge is 2.23. The normalized spacial score (nSPS) is 11.9. The highest BCUT2D eigenvalue weighted by atomic mass is 127. The number of aromatic nitrogens is 4. The number of anilines is 3. The minimum atomic E-state index is -0.925. The van der Waals surface area contributed by atoms with Crippen LogP contribution in [-0.2, 0) is 0 Å². The van der Waals surface area contributed by atoms with Crippen molar-refractivity contribution in [2.45, 2.75) is 13.0 Å². The zero-order chi connectivity index (χ0) is 24.7. The lowest BCUT2D eigenvalue weighted by Gasteiger charge is -2.21. The van der Waals surface area contributed by atoms with Crippen LogP contribution in [0.5, 0.6) is 0 Å². The van der Waals surface area contributed by atoms with Crippen LogP contribution < -0.4 is 22.3 Å². The molecular weight excluding hydrogens is 564 g/mol. The van der Waals surface area contributed by atoms with Crippen molar-refractivity contribution in [2.24, 2.45) is 0 Å². The van der Waals surface area contributed by atoms with Gasteiger partial charge in [0, 0.05) is 9.64 Å². The lowest BCUT2D eigenvalue weighted by molar-refractivity contribution is 0.579. The van der Waals surface area contributed by atoms with E-state index < -0.39 is 29.1 Å². The van der Waals surface area contributed by atoms with Gasteiger partial charge in [0.1, 0.15) is 40.7 Å². The molecule has 0 aliphatic carbocycles. The summed E-state index contributed by atoms with van der Waals surface area (Å²) < 4.78 is 43.4. The molecule has 0 saturated carbocycles. The fourth-order valence-electron chi connectivity index (χ4n) is 3.42. The minimum Gasteiger partial charge on any atom is -0.382 e. The van der Waals surface area contributed by atoms with Crippen LogP contribution >= 0.6 is 22.6 Å². The molecule has 172 valence electrons. The largest absolute Gasteiger partial charge is 0.382 e. The Labute approximate surface area is 203 Å². The number of fused-ring (bicyclic) bond motifs is 1. The van der Waals surface area contributed by atoms with Crippen LogP contribution in [0.4, 0.5) is 30.8 Å². The Bertz CT molecular complexity index is 1550. The maximum atomic E-state index is 14.1. The lowest BCUT2D eigenvalue weighted by Crippen LogP contribution is -2.28. The number of benzene rings is 2. The van der Waals surface area contributed by atoms with Gasteiger partial charge >= 0.3 is 0 Å². The molecule has 4 rings (SSSR count). The zero-order valence-electron chi connectivity index (χ0n) is 17.3. The van der Waals surface area contributed by atoms with E-state index in [4.69, 9.17) is 11.5 Å². The van der Waals surface area contributed by atoms with E-state index in [9.17, 15) is 23.2 Å². The van der Waals surface area contributed by atoms with Crippen molar-refractivity contribution in [1.29, 1.82) is 5.26 Å². The molecule has 13 heteroatoms. The average molecular weight is 578 g/mol. The summed E-state index contributed by atoms with van der Waals surface area (Å²) in [5, 5.41) is 12.3. The van der Waals surface area contributed by atoms with Crippen LogP contribution in [0.1, 0.15) is 24.4 Å². The number of hydrogen-bond acceptors (Lipinski definition) is 8. The number of hydrogen-bond donors (Lipinski definition) is 3. The average Bonchev–Trinajstić information content (AvgIpc) is 2.73. The van der Waals surface area contributed by atoms with Gasteiger partial charge in [0.25, 0.3) is 5.56 Å². The zero-order valence-corrected chi connectivity index (χ0v) is 19.4. The molecule has 0 saturated heterocycles. The quantitative estimate of drug-likeness (QED) is 0.312. The Balaban J connectivity index is 2.00. The molecule has 0 unspecified atom stereocenters. The van der Waals surface area contributed by atoms with Crippen LogP contribution in [0.15, 0.2) is 35.1 Å². The number of nitrogens with two attached hydrogens (primary N) is 2. The third kappa shape index (κ3) is 4.19. The summed E-state index contributed by atoms with van der Waals surface area (Å²) in [4.78, 5) is 25.6. The van der Waals surface area contributed by atoms with E-state index in [0.29, 0.717) is 9.64 Å². The van der Waals surface area contributed by atoms with Crippen LogP contribution in [-0.4, -0.2) is 19.5 Å². The van der Waals surface area contributed by atoms with Crippen LogP contribution in [0, 0.1) is 32.4 Å². The number of nitrogens with zero attached hydrogens (tertiary/aromatic N) is 5. The van der Waals surface area contributed by atoms with Gasteiger partial charge in [-0.2, -0.15) is 15.2 Å². The molecule has 0 aliphatic heterocycles. The van der Waals surface area contributed by atoms with E-state index >= 15 is 0 Å². The molecule has 0 spiro atoms. The molecule has 2 aromatic carbocycles. The Kier molecular flexibility index (Phi) is 6.00. The maximum absolute atomic E-state index is 14.1. The topological polar surface area (TPSA) is 149 Å². The monoisotopic (exact) mass is 578 g/mol. The predicted octanol–water partition coefficient (Wildman–Crippen LogP) is 3.41. The van der Waals surface area contributed by atoms with Gasteiger partial charge in [0.15, 0.2) is 5.82 Å². The van der Waals surface area contributed by atoms with Crippen LogP contribution in [0.2, 0.25) is 0 Å². The molecule has 1 atom stereocenters. The molecule has 2 aromatic heterocycles. The predicted molar refractivity (Wildman–Crippen MR) is 128 cm³/mol. The fourth-order valence-corrected chi connectivity index (χ4v) is 4.13. The minimum absolute atomic E-state index is 0.00618. The number of nitrogens with one attached hydrogen (secondary N) is 1. The molecule has 0 radical (unpaired) electrons. The summed E-state index contributed by atoms with van der Waals surface area (Å²) in [6.07, 6.45) is 0. The third-order valence-corrected chi connectivity index (χ3v) is 5.65. The first-order valence-corrected chi connectivity index (χ1v) is 10.6. The molecule has 34 heavy (non-hydrogen) atoms. The molecule has 0 amide bonds. The first-order valence-electron chi connectivity index (χ1n) is 9.56. The number of rotatable bonds is 4. The first-order chi connectivity index (χ1) is 16.1. The van der Waals surface area contributed by atoms with Gasteiger partial charge in [-0.15, -0.1) is 0 Å². The standard InChI is InChI=1S/C21H14F3IN8O/c1-8(29-18-14(7-26)17(27)31-21(28)32-18)19-30-16-13(5-11(24)6-15(16)25)20(34)33(19)12-3-9(22)2-10(23)4-12/h2-6,8H,1H3,(H5,27,28,29,31,32)/t8-/m0/s1. The highest BCUT2D eigenvalue weighted by Crippen LogP contribution is 2.27. The van der Waals surface area contributed by atoms with Crippen molar-refractivity contribution in [3.63, 3.8) is 0 Å². The van der Waals surface area contributed by atoms with E-state index in [1.54, 1.807) is 6.92 Å². The van der Waals surface area contributed by atoms with Gasteiger partial charge in [-0.25, -0.2) is 18.2 Å². The van der Waals surface area contributed by atoms with Crippen molar-refractivity contribution >= 4 is 51.1 Å². The Morgan fingerprint density at radius 1 is 1.06 bits per heavy atom. The lowest BCUT2D eigenvalue weighted by atomic mass is 10.2. The SMILES string of the molecule is C[C@H](Nc1nc(N)nc(N)c1C#N)c1nc2c(I)cc(F)cc2c(=O)n1-c1cc(F)cc(F)c1. The Morgan fingerprint density at radius 3 is 2.35 bits per heavy atom. The molecule has 0 aliphatic rings. The number of nitrogen functional groups attached to an aromatic ring is 2. The van der Waals surface area contributed by atoms with Gasteiger partial charge in [-0.05, 0) is 53.8 Å². The van der Waals surface area contributed by atoms with E-state index in [1.165, 1.54) is 6.07 Å². The molecule has 5 N–H and O–H groups in total. The molecular formula is C21H14F3IN8O. The van der Waals surface area contributed by atoms with Gasteiger partial charge in [-0.1, -0.05) is 0 Å². The summed E-state index contributed by atoms with van der Waals surface area (Å²) in [6, 6.07) is 5.73. The number of halogens is 4. The van der Waals surface area contributed by atoms with E-state index in [2.05, 4.69) is 20.3 Å². The second-order valence-corrected chi connectivity index (χ2v) is 8.35. The van der Waals surface area contributed by atoms with Gasteiger partial charge in [0.2, 0.25) is 5.95 Å². The summed E-state index contributed by atoms with van der Waals surface area (Å²) in [5.74, 6) is -2.90. The van der Waals surface area contributed by atoms with Crippen molar-refractivity contribution < 1.29 is 13.2 Å². The van der Waals surface area contributed by atoms with Crippen LogP contribution in [0.25, 0.3) is 16.6 Å². The Hall–Kier alpha value is -3.93. The van der Waals surface area contributed by atoms with Crippen LogP contribution in [0.3, 0.4) is 0 Å². The molecule has 0 fully saturated rings. The summed E-state index contributed by atoms with van der Waals surface area (Å²) in [5.41, 5.74) is 10.6. The first kappa shape index (κ1) is 23.2. The molecule has 9 nitrogen and oxygen atoms in total. The van der Waals surface area contributed by atoms with Crippen molar-refractivity contribution in [2.75, 3.05) is 16.8 Å². The third-order valence-electron chi connectivity index (χ3n) is 4.83. The van der Waals surface area contributed by atoms with Crippen molar-refractivity contribution in [3.8, 4) is 11.8 Å². The molecule has 2 heterocycles. The molecule has 0 bridgehead atoms. The molecule has 4 aromatic rings. The van der Waals surface area contributed by atoms with Gasteiger partial charge in [-0.3, -0.25) is 9.36 Å². The highest BCUT2D eigenvalue weighted by molar-refractivity contribution is 14.1. The fraction of sp³-hybridized carbons (Fsp3) is 0.0952. The smallest absolute Gasteiger partial charge is 0.266 e. The summed E-state index contributed by atoms with van der Waals surface area (Å²) in [7, 11) is 0. The maximum Gasteiger partial charge on any atom is 0.266 e. The van der Waals surface area contributed by atoms with Gasteiger partial charge < -0.3 is 16.8 Å². The van der Waals surface area contributed by atoms with Gasteiger partial charge in [0.05, 0.1) is 22.6 Å². The summed E-state index contributed by atoms with van der Waals surface area (Å²) >= 11 is 1.83. The van der Waals surface area contributed by atoms with E-state index in [0.717, 1.165) is 22.8 Å². The van der Waals surface area contributed by atoms with E-state index in [1.807, 2.05) is 28.7 Å². The van der Waals surface area contributed by atoms with Crippen molar-refractivity contribution in [1.82, 2.24) is 19.5 Å².